The summed E-state index contributed by atoms with van der Waals surface area (Å²) < 4.78 is 0. The minimum atomic E-state index is -0.594. The van der Waals surface area contributed by atoms with Gasteiger partial charge in [0.2, 0.25) is 0 Å². The zero-order chi connectivity index (χ0) is 16.4. The Hall–Kier alpha value is -1.05. The molecule has 2 aliphatic rings. The highest BCUT2D eigenvalue weighted by Crippen LogP contribution is 2.61. The van der Waals surface area contributed by atoms with Crippen molar-refractivity contribution in [1.29, 1.82) is 0 Å². The summed E-state index contributed by atoms with van der Waals surface area (Å²) in [6.07, 6.45) is 12.9. The van der Waals surface area contributed by atoms with Crippen molar-refractivity contribution < 1.29 is 9.90 Å². The maximum atomic E-state index is 12.0. The Morgan fingerprint density at radius 2 is 2.05 bits per heavy atom. The predicted octanol–water partition coefficient (Wildman–Crippen LogP) is 5.60. The van der Waals surface area contributed by atoms with E-state index < -0.39 is 11.4 Å². The molecule has 22 heavy (non-hydrogen) atoms. The van der Waals surface area contributed by atoms with Crippen LogP contribution in [0.1, 0.15) is 72.1 Å². The number of rotatable bonds is 5. The molecule has 2 fully saturated rings. The van der Waals surface area contributed by atoms with Crippen molar-refractivity contribution >= 4 is 5.97 Å². The van der Waals surface area contributed by atoms with Crippen LogP contribution in [0.4, 0.5) is 0 Å². The smallest absolute Gasteiger partial charge is 0.309 e. The number of carboxylic acid groups (broad SMARTS) is 1. The van der Waals surface area contributed by atoms with Crippen LogP contribution in [0.5, 0.6) is 0 Å². The van der Waals surface area contributed by atoms with Gasteiger partial charge >= 0.3 is 5.97 Å². The number of carbonyl (C=O) groups is 1. The number of aliphatic carboxylic acids is 1. The molecule has 2 saturated carbocycles. The summed E-state index contributed by atoms with van der Waals surface area (Å²) in [4.78, 5) is 12.0. The molecule has 4 atom stereocenters. The van der Waals surface area contributed by atoms with Gasteiger partial charge in [-0.25, -0.2) is 0 Å². The number of hydrogen-bond acceptors (Lipinski definition) is 1. The first-order valence-corrected chi connectivity index (χ1v) is 8.95. The molecule has 0 aliphatic heterocycles. The topological polar surface area (TPSA) is 37.3 Å². The minimum Gasteiger partial charge on any atom is -0.481 e. The van der Waals surface area contributed by atoms with Crippen LogP contribution >= 0.6 is 0 Å². The summed E-state index contributed by atoms with van der Waals surface area (Å²) in [5, 5.41) is 9.84. The molecule has 0 saturated heterocycles. The molecular weight excluding hydrogens is 272 g/mol. The van der Waals surface area contributed by atoms with Crippen molar-refractivity contribution in [3.63, 3.8) is 0 Å². The number of unbranched alkanes of at least 4 members (excludes halogenated alkanes) is 1. The maximum Gasteiger partial charge on any atom is 0.309 e. The lowest BCUT2D eigenvalue weighted by atomic mass is 9.47. The van der Waals surface area contributed by atoms with Gasteiger partial charge in [-0.3, -0.25) is 4.79 Å². The highest BCUT2D eigenvalue weighted by molar-refractivity contribution is 5.75. The van der Waals surface area contributed by atoms with E-state index in [0.717, 1.165) is 44.9 Å². The van der Waals surface area contributed by atoms with Crippen molar-refractivity contribution in [3.8, 4) is 0 Å². The van der Waals surface area contributed by atoms with Gasteiger partial charge in [0.15, 0.2) is 0 Å². The van der Waals surface area contributed by atoms with E-state index in [1.165, 1.54) is 6.42 Å². The van der Waals surface area contributed by atoms with Crippen molar-refractivity contribution in [2.24, 2.45) is 22.7 Å². The molecule has 0 spiro atoms. The Balaban J connectivity index is 2.40. The van der Waals surface area contributed by atoms with Crippen LogP contribution < -0.4 is 0 Å². The normalized spacial score (nSPS) is 40.2. The van der Waals surface area contributed by atoms with Gasteiger partial charge in [0.1, 0.15) is 0 Å². The SMILES string of the molecule is C=CCC/C=C1\[C@H](CC)CC[C@@H]2[C@](C)(C(=O)O)CCC[C@@]12C. The molecule has 2 heteroatoms. The molecule has 0 radical (unpaired) electrons. The summed E-state index contributed by atoms with van der Waals surface area (Å²) in [5.41, 5.74) is 1.08. The van der Waals surface area contributed by atoms with Crippen LogP contribution in [0.3, 0.4) is 0 Å². The number of fused-ring (bicyclic) bond motifs is 1. The fourth-order valence-corrected chi connectivity index (χ4v) is 5.28. The molecule has 2 nitrogen and oxygen atoms in total. The standard InChI is InChI=1S/C20H32O2/c1-5-7-8-10-16-15(6-2)11-12-17-19(16,3)13-9-14-20(17,4)18(21)22/h5,10,15,17H,1,6-9,11-14H2,2-4H3,(H,21,22)/b16-10+/t15-,17+,19+,20-/m1/s1. The second-order valence-corrected chi connectivity index (χ2v) is 7.75. The van der Waals surface area contributed by atoms with Crippen molar-refractivity contribution in [3.05, 3.63) is 24.3 Å². The maximum absolute atomic E-state index is 12.0. The minimum absolute atomic E-state index is 0.0749. The summed E-state index contributed by atoms with van der Waals surface area (Å²) in [5.74, 6) is 0.329. The molecule has 0 aromatic rings. The highest BCUT2D eigenvalue weighted by Gasteiger charge is 2.56. The van der Waals surface area contributed by atoms with Crippen LogP contribution in [-0.4, -0.2) is 11.1 Å². The Morgan fingerprint density at radius 1 is 1.32 bits per heavy atom. The average molecular weight is 304 g/mol. The monoisotopic (exact) mass is 304 g/mol. The van der Waals surface area contributed by atoms with Crippen molar-refractivity contribution in [2.45, 2.75) is 72.1 Å². The second kappa shape index (κ2) is 6.60. The molecule has 0 amide bonds. The van der Waals surface area contributed by atoms with Gasteiger partial charge in [-0.05, 0) is 69.1 Å². The highest BCUT2D eigenvalue weighted by atomic mass is 16.4. The predicted molar refractivity (Wildman–Crippen MR) is 91.7 cm³/mol. The summed E-state index contributed by atoms with van der Waals surface area (Å²) in [6.45, 7) is 10.4. The summed E-state index contributed by atoms with van der Waals surface area (Å²) >= 11 is 0. The summed E-state index contributed by atoms with van der Waals surface area (Å²) in [7, 11) is 0. The zero-order valence-electron chi connectivity index (χ0n) is 14.5. The Labute approximate surface area is 135 Å². The van der Waals surface area contributed by atoms with Gasteiger partial charge < -0.3 is 5.11 Å². The fraction of sp³-hybridized carbons (Fsp3) is 0.750. The van der Waals surface area contributed by atoms with Crippen molar-refractivity contribution in [1.82, 2.24) is 0 Å². The number of allylic oxidation sites excluding steroid dienone is 3. The average Bonchev–Trinajstić information content (AvgIpc) is 2.48. The molecule has 0 bridgehead atoms. The van der Waals surface area contributed by atoms with E-state index in [1.54, 1.807) is 5.57 Å². The number of hydrogen-bond donors (Lipinski definition) is 1. The Bertz CT molecular complexity index is 464. The van der Waals surface area contributed by atoms with Crippen molar-refractivity contribution in [2.75, 3.05) is 0 Å². The molecule has 0 unspecified atom stereocenters. The second-order valence-electron chi connectivity index (χ2n) is 7.75. The zero-order valence-corrected chi connectivity index (χ0v) is 14.5. The fourth-order valence-electron chi connectivity index (χ4n) is 5.28. The quantitative estimate of drug-likeness (QED) is 0.530. The lowest BCUT2D eigenvalue weighted by molar-refractivity contribution is -0.160. The van der Waals surface area contributed by atoms with Crippen LogP contribution in [0, 0.1) is 22.7 Å². The first-order chi connectivity index (χ1) is 10.4. The Kier molecular flexibility index (Phi) is 5.19. The Morgan fingerprint density at radius 3 is 2.64 bits per heavy atom. The van der Waals surface area contributed by atoms with Crippen LogP contribution in [-0.2, 0) is 4.79 Å². The van der Waals surface area contributed by atoms with E-state index in [-0.39, 0.29) is 11.3 Å². The molecule has 2 aliphatic carbocycles. The van der Waals surface area contributed by atoms with E-state index >= 15 is 0 Å². The van der Waals surface area contributed by atoms with Gasteiger partial charge in [-0.2, -0.15) is 0 Å². The lowest BCUT2D eigenvalue weighted by Crippen LogP contribution is -2.51. The van der Waals surface area contributed by atoms with E-state index in [1.807, 2.05) is 13.0 Å². The van der Waals surface area contributed by atoms with Crippen LogP contribution in [0.2, 0.25) is 0 Å². The van der Waals surface area contributed by atoms with Crippen LogP contribution in [0.15, 0.2) is 24.3 Å². The third-order valence-electron chi connectivity index (χ3n) is 6.55. The molecular formula is C20H32O2. The van der Waals surface area contributed by atoms with Gasteiger partial charge in [-0.1, -0.05) is 38.0 Å². The largest absolute Gasteiger partial charge is 0.481 e. The molecule has 124 valence electrons. The van der Waals surface area contributed by atoms with E-state index in [4.69, 9.17) is 0 Å². The molecule has 1 N–H and O–H groups in total. The third kappa shape index (κ3) is 2.77. The number of carboxylic acids is 1. The van der Waals surface area contributed by atoms with Gasteiger partial charge in [0, 0.05) is 0 Å². The van der Waals surface area contributed by atoms with Gasteiger partial charge in [0.25, 0.3) is 0 Å². The first kappa shape index (κ1) is 17.3. The van der Waals surface area contributed by atoms with E-state index in [2.05, 4.69) is 26.5 Å². The molecule has 2 rings (SSSR count). The van der Waals surface area contributed by atoms with E-state index in [9.17, 15) is 9.90 Å². The third-order valence-corrected chi connectivity index (χ3v) is 6.55. The molecule has 0 aromatic carbocycles. The van der Waals surface area contributed by atoms with E-state index in [0.29, 0.717) is 5.92 Å². The summed E-state index contributed by atoms with van der Waals surface area (Å²) in [6, 6.07) is 0. The van der Waals surface area contributed by atoms with Gasteiger partial charge in [0.05, 0.1) is 5.41 Å². The first-order valence-electron chi connectivity index (χ1n) is 8.95. The molecule has 0 aromatic heterocycles. The van der Waals surface area contributed by atoms with Crippen LogP contribution in [0.25, 0.3) is 0 Å². The lowest BCUT2D eigenvalue weighted by Gasteiger charge is -2.56. The molecule has 0 heterocycles. The van der Waals surface area contributed by atoms with Gasteiger partial charge in [-0.15, -0.1) is 6.58 Å².